The molecule has 1 aromatic carbocycles. The number of hydrogen-bond acceptors (Lipinski definition) is 3. The number of carbonyl (C=O) groups excluding carboxylic acids is 1. The highest BCUT2D eigenvalue weighted by Crippen LogP contribution is 2.29. The second kappa shape index (κ2) is 5.42. The average molecular weight is 269 g/mol. The Balaban J connectivity index is 2.06. The number of anilines is 2. The van der Waals surface area contributed by atoms with Crippen molar-refractivity contribution in [2.45, 2.75) is 38.3 Å². The molecule has 1 atom stereocenters. The monoisotopic (exact) mass is 269 g/mol. The number of rotatable bonds is 5. The van der Waals surface area contributed by atoms with Gasteiger partial charge in [-0.3, -0.25) is 4.79 Å². The van der Waals surface area contributed by atoms with Gasteiger partial charge in [0.15, 0.2) is 0 Å². The van der Waals surface area contributed by atoms with E-state index in [9.17, 15) is 13.6 Å². The van der Waals surface area contributed by atoms with Crippen molar-refractivity contribution >= 4 is 17.3 Å². The number of nitrogen functional groups attached to an aromatic ring is 1. The molecule has 0 aliphatic heterocycles. The van der Waals surface area contributed by atoms with E-state index in [2.05, 4.69) is 10.6 Å². The first-order valence-corrected chi connectivity index (χ1v) is 6.22. The number of nitrogens with two attached hydrogens (primary N) is 1. The molecule has 0 spiro atoms. The topological polar surface area (TPSA) is 67.1 Å². The van der Waals surface area contributed by atoms with Crippen LogP contribution in [0.25, 0.3) is 0 Å². The minimum atomic E-state index is -2.63. The molecule has 2 rings (SSSR count). The molecule has 1 unspecified atom stereocenters. The lowest BCUT2D eigenvalue weighted by atomic mass is 10.1. The standard InChI is InChI=1S/C13H17F2N3O/c1-7(13(19)18-9-3-4-9)17-11-5-2-8(16)6-10(11)12(14)15/h2,5-7,9,12,17H,3-4,16H2,1H3,(H,18,19). The van der Waals surface area contributed by atoms with Crippen LogP contribution in [0.4, 0.5) is 20.2 Å². The minimum Gasteiger partial charge on any atom is -0.399 e. The molecule has 1 saturated carbocycles. The summed E-state index contributed by atoms with van der Waals surface area (Å²) in [6.45, 7) is 1.64. The van der Waals surface area contributed by atoms with Crippen molar-refractivity contribution in [1.82, 2.24) is 5.32 Å². The van der Waals surface area contributed by atoms with Crippen LogP contribution in [0.3, 0.4) is 0 Å². The predicted octanol–water partition coefficient (Wildman–Crippen LogP) is 2.29. The lowest BCUT2D eigenvalue weighted by Gasteiger charge is -2.18. The van der Waals surface area contributed by atoms with E-state index in [0.717, 1.165) is 12.8 Å². The summed E-state index contributed by atoms with van der Waals surface area (Å²) in [4.78, 5) is 11.8. The minimum absolute atomic E-state index is 0.181. The first-order valence-electron chi connectivity index (χ1n) is 6.22. The number of amides is 1. The average Bonchev–Trinajstić information content (AvgIpc) is 3.14. The van der Waals surface area contributed by atoms with Crippen LogP contribution in [0.15, 0.2) is 18.2 Å². The third-order valence-electron chi connectivity index (χ3n) is 3.00. The molecule has 0 saturated heterocycles. The molecule has 104 valence electrons. The highest BCUT2D eigenvalue weighted by molar-refractivity contribution is 5.85. The number of hydrogen-bond donors (Lipinski definition) is 3. The summed E-state index contributed by atoms with van der Waals surface area (Å²) in [7, 11) is 0. The fourth-order valence-corrected chi connectivity index (χ4v) is 1.75. The van der Waals surface area contributed by atoms with Gasteiger partial charge in [0.25, 0.3) is 6.43 Å². The van der Waals surface area contributed by atoms with Crippen LogP contribution >= 0.6 is 0 Å². The molecule has 0 heterocycles. The molecule has 1 aliphatic carbocycles. The first-order chi connectivity index (χ1) is 8.97. The molecular weight excluding hydrogens is 252 g/mol. The third-order valence-corrected chi connectivity index (χ3v) is 3.00. The molecular formula is C13H17F2N3O. The number of halogens is 2. The summed E-state index contributed by atoms with van der Waals surface area (Å²) >= 11 is 0. The lowest BCUT2D eigenvalue weighted by molar-refractivity contribution is -0.121. The van der Waals surface area contributed by atoms with Gasteiger partial charge in [-0.2, -0.15) is 0 Å². The van der Waals surface area contributed by atoms with Crippen LogP contribution in [0.1, 0.15) is 31.8 Å². The second-order valence-corrected chi connectivity index (χ2v) is 4.80. The van der Waals surface area contributed by atoms with Gasteiger partial charge in [0.05, 0.1) is 0 Å². The van der Waals surface area contributed by atoms with Gasteiger partial charge in [-0.15, -0.1) is 0 Å². The fourth-order valence-electron chi connectivity index (χ4n) is 1.75. The van der Waals surface area contributed by atoms with Crippen LogP contribution in [0.2, 0.25) is 0 Å². The van der Waals surface area contributed by atoms with E-state index < -0.39 is 12.5 Å². The van der Waals surface area contributed by atoms with Crippen molar-refractivity contribution in [3.8, 4) is 0 Å². The van der Waals surface area contributed by atoms with E-state index in [1.165, 1.54) is 18.2 Å². The fraction of sp³-hybridized carbons (Fsp3) is 0.462. The molecule has 1 fully saturated rings. The van der Waals surface area contributed by atoms with Crippen LogP contribution in [0, 0.1) is 0 Å². The Morgan fingerprint density at radius 3 is 2.68 bits per heavy atom. The van der Waals surface area contributed by atoms with Gasteiger partial charge in [0.2, 0.25) is 5.91 Å². The SMILES string of the molecule is CC(Nc1ccc(N)cc1C(F)F)C(=O)NC1CC1. The van der Waals surface area contributed by atoms with Gasteiger partial charge < -0.3 is 16.4 Å². The van der Waals surface area contributed by atoms with Crippen LogP contribution in [-0.4, -0.2) is 18.0 Å². The molecule has 0 aromatic heterocycles. The number of carbonyl (C=O) groups is 1. The van der Waals surface area contributed by atoms with Gasteiger partial charge in [0.1, 0.15) is 6.04 Å². The Morgan fingerprint density at radius 2 is 2.11 bits per heavy atom. The molecule has 0 bridgehead atoms. The largest absolute Gasteiger partial charge is 0.399 e. The van der Waals surface area contributed by atoms with E-state index in [-0.39, 0.29) is 28.9 Å². The zero-order chi connectivity index (χ0) is 14.0. The maximum atomic E-state index is 12.9. The normalized spacial score (nSPS) is 16.2. The van der Waals surface area contributed by atoms with Crippen LogP contribution < -0.4 is 16.4 Å². The van der Waals surface area contributed by atoms with Gasteiger partial charge >= 0.3 is 0 Å². The van der Waals surface area contributed by atoms with Crippen molar-refractivity contribution in [1.29, 1.82) is 0 Å². The van der Waals surface area contributed by atoms with Crippen molar-refractivity contribution in [3.05, 3.63) is 23.8 Å². The third kappa shape index (κ3) is 3.56. The summed E-state index contributed by atoms with van der Waals surface area (Å²) in [5.41, 5.74) is 5.81. The maximum absolute atomic E-state index is 12.9. The Bertz CT molecular complexity index is 475. The zero-order valence-corrected chi connectivity index (χ0v) is 10.6. The molecule has 1 aromatic rings. The highest BCUT2D eigenvalue weighted by Gasteiger charge is 2.26. The van der Waals surface area contributed by atoms with E-state index in [4.69, 9.17) is 5.73 Å². The lowest BCUT2D eigenvalue weighted by Crippen LogP contribution is -2.38. The van der Waals surface area contributed by atoms with Gasteiger partial charge in [-0.1, -0.05) is 0 Å². The summed E-state index contributed by atoms with van der Waals surface area (Å²) in [5.74, 6) is -0.181. The molecule has 6 heteroatoms. The van der Waals surface area contributed by atoms with Gasteiger partial charge in [-0.25, -0.2) is 8.78 Å². The predicted molar refractivity (Wildman–Crippen MR) is 70.1 cm³/mol. The maximum Gasteiger partial charge on any atom is 0.265 e. The Labute approximate surface area is 110 Å². The van der Waals surface area contributed by atoms with E-state index in [1.54, 1.807) is 6.92 Å². The van der Waals surface area contributed by atoms with Gasteiger partial charge in [-0.05, 0) is 38.0 Å². The van der Waals surface area contributed by atoms with E-state index >= 15 is 0 Å². The Morgan fingerprint density at radius 1 is 1.42 bits per heavy atom. The summed E-state index contributed by atoms with van der Waals surface area (Å²) < 4.78 is 25.8. The summed E-state index contributed by atoms with van der Waals surface area (Å²) in [6.07, 6.45) is -0.657. The Kier molecular flexibility index (Phi) is 3.87. The Hall–Kier alpha value is -1.85. The van der Waals surface area contributed by atoms with Crippen LogP contribution in [0.5, 0.6) is 0 Å². The summed E-state index contributed by atoms with van der Waals surface area (Å²) in [5, 5.41) is 5.62. The van der Waals surface area contributed by atoms with Crippen molar-refractivity contribution in [2.75, 3.05) is 11.1 Å². The quantitative estimate of drug-likeness (QED) is 0.718. The number of benzene rings is 1. The molecule has 1 amide bonds. The molecule has 1 aliphatic rings. The van der Waals surface area contributed by atoms with E-state index in [1.807, 2.05) is 0 Å². The summed E-state index contributed by atoms with van der Waals surface area (Å²) in [6, 6.07) is 3.90. The molecule has 0 radical (unpaired) electrons. The van der Waals surface area contributed by atoms with Crippen LogP contribution in [-0.2, 0) is 4.79 Å². The second-order valence-electron chi connectivity index (χ2n) is 4.80. The highest BCUT2D eigenvalue weighted by atomic mass is 19.3. The van der Waals surface area contributed by atoms with Gasteiger partial charge in [0, 0.05) is 23.0 Å². The van der Waals surface area contributed by atoms with Crippen molar-refractivity contribution < 1.29 is 13.6 Å². The first kappa shape index (κ1) is 13.6. The number of alkyl halides is 2. The molecule has 4 nitrogen and oxygen atoms in total. The molecule has 4 N–H and O–H groups in total. The number of nitrogens with one attached hydrogen (secondary N) is 2. The van der Waals surface area contributed by atoms with Crippen molar-refractivity contribution in [3.63, 3.8) is 0 Å². The van der Waals surface area contributed by atoms with Crippen molar-refractivity contribution in [2.24, 2.45) is 0 Å². The zero-order valence-electron chi connectivity index (χ0n) is 10.6. The molecule has 19 heavy (non-hydrogen) atoms. The smallest absolute Gasteiger partial charge is 0.265 e. The van der Waals surface area contributed by atoms with E-state index in [0.29, 0.717) is 0 Å².